The Morgan fingerprint density at radius 3 is 2.47 bits per heavy atom. The maximum Gasteiger partial charge on any atom is 0.324 e. The number of carbonyl (C=O) groups excluding carboxylic acids is 1. The second-order valence-corrected chi connectivity index (χ2v) is 14.3. The summed E-state index contributed by atoms with van der Waals surface area (Å²) in [6.45, 7) is 8.47. The number of methoxy groups -OCH3 is 1. The molecule has 6 rings (SSSR count). The summed E-state index contributed by atoms with van der Waals surface area (Å²) in [6, 6.07) is 28.7. The molecule has 10 nitrogen and oxygen atoms in total. The molecule has 2 amide bonds. The van der Waals surface area contributed by atoms with Crippen LogP contribution < -0.4 is 20.1 Å². The number of benzene rings is 4. The fourth-order valence-corrected chi connectivity index (χ4v) is 6.41. The maximum atomic E-state index is 13.5. The van der Waals surface area contributed by atoms with Crippen LogP contribution in [-0.2, 0) is 11.8 Å². The molecule has 0 aliphatic rings. The van der Waals surface area contributed by atoms with Crippen molar-refractivity contribution in [3.8, 4) is 23.1 Å². The van der Waals surface area contributed by atoms with Gasteiger partial charge in [-0.1, -0.05) is 62.7 Å². The molecule has 0 saturated carbocycles. The largest absolute Gasteiger partial charge is 0.497 e. The van der Waals surface area contributed by atoms with E-state index in [0.717, 1.165) is 56.1 Å². The molecule has 262 valence electrons. The fraction of sp³-hybridized carbons (Fsp3) is 0.250. The first-order chi connectivity index (χ1) is 24.6. The molecular formula is C40H42N6O4S. The van der Waals surface area contributed by atoms with Crippen molar-refractivity contribution in [1.82, 2.24) is 19.7 Å². The summed E-state index contributed by atoms with van der Waals surface area (Å²) in [5, 5.41) is 21.7. The van der Waals surface area contributed by atoms with Crippen molar-refractivity contribution in [1.29, 1.82) is 0 Å². The van der Waals surface area contributed by atoms with Crippen LogP contribution in [0.2, 0.25) is 0 Å². The normalized spacial score (nSPS) is 11.4. The van der Waals surface area contributed by atoms with Gasteiger partial charge in [-0.25, -0.2) is 14.5 Å². The number of aryl methyl sites for hydroxylation is 1. The van der Waals surface area contributed by atoms with Crippen LogP contribution in [0.3, 0.4) is 0 Å². The van der Waals surface area contributed by atoms with E-state index >= 15 is 0 Å². The zero-order valence-corrected chi connectivity index (χ0v) is 30.3. The van der Waals surface area contributed by atoms with E-state index in [-0.39, 0.29) is 12.0 Å². The summed E-state index contributed by atoms with van der Waals surface area (Å²) in [4.78, 5) is 23.7. The van der Waals surface area contributed by atoms with Crippen molar-refractivity contribution >= 4 is 40.1 Å². The summed E-state index contributed by atoms with van der Waals surface area (Å²) in [5.41, 5.74) is 4.28. The number of hydrogen-bond acceptors (Lipinski definition) is 8. The first-order valence-electron chi connectivity index (χ1n) is 16.8. The van der Waals surface area contributed by atoms with Crippen molar-refractivity contribution in [2.75, 3.05) is 30.1 Å². The molecule has 11 heteroatoms. The van der Waals surface area contributed by atoms with Crippen molar-refractivity contribution in [2.45, 2.75) is 50.8 Å². The predicted octanol–water partition coefficient (Wildman–Crippen LogP) is 8.93. The van der Waals surface area contributed by atoms with Crippen LogP contribution in [-0.4, -0.2) is 50.4 Å². The van der Waals surface area contributed by atoms with Crippen LogP contribution in [0.4, 0.5) is 16.3 Å². The average Bonchev–Trinajstić information content (AvgIpc) is 3.54. The van der Waals surface area contributed by atoms with E-state index in [2.05, 4.69) is 42.5 Å². The Bertz CT molecular complexity index is 2140. The van der Waals surface area contributed by atoms with Crippen LogP contribution >= 0.6 is 11.8 Å². The number of nitrogens with zero attached hydrogens (tertiary/aromatic N) is 4. The number of hydrogen-bond donors (Lipinski definition) is 3. The standard InChI is InChI=1S/C40H42N6O4S/c1-26-11-13-28(14-12-26)46-37(25-35(45-46)40(2,3)4)44-39(48)42-33-15-16-34(32-10-7-6-9-31(32)33)50-38-17-18-41-36(43-38)23-27-21-29(49-5)24-30(22-27)51-20-8-19-47/h6-7,9-18,21-22,24-25,47H,8,19-20,23H2,1-5H3,(H2,42,44,48). The molecule has 3 N–H and O–H groups in total. The summed E-state index contributed by atoms with van der Waals surface area (Å²) in [6.07, 6.45) is 2.89. The number of amides is 2. The van der Waals surface area contributed by atoms with Gasteiger partial charge in [0.2, 0.25) is 5.88 Å². The second-order valence-electron chi connectivity index (χ2n) is 13.2. The lowest BCUT2D eigenvalue weighted by Gasteiger charge is -2.14. The lowest BCUT2D eigenvalue weighted by molar-refractivity contribution is 0.262. The van der Waals surface area contributed by atoms with Crippen LogP contribution in [0.1, 0.15) is 49.8 Å². The molecule has 0 unspecified atom stereocenters. The number of rotatable bonds is 12. The SMILES string of the molecule is COc1cc(Cc2nccc(Oc3ccc(NC(=O)Nc4cc(C(C)(C)C)nn4-c4ccc(C)cc4)c4ccccc34)n2)cc(SCCCO)c1. The second kappa shape index (κ2) is 15.7. The van der Waals surface area contributed by atoms with Crippen LogP contribution in [0.5, 0.6) is 17.4 Å². The number of fused-ring (bicyclic) bond motifs is 1. The van der Waals surface area contributed by atoms with E-state index in [0.29, 0.717) is 35.4 Å². The molecular weight excluding hydrogens is 661 g/mol. The Morgan fingerprint density at radius 1 is 0.941 bits per heavy atom. The molecule has 4 aromatic carbocycles. The summed E-state index contributed by atoms with van der Waals surface area (Å²) in [5.74, 6) is 3.74. The molecule has 0 saturated heterocycles. The molecule has 0 spiro atoms. The Kier molecular flexibility index (Phi) is 10.9. The first-order valence-corrected chi connectivity index (χ1v) is 17.8. The van der Waals surface area contributed by atoms with Gasteiger partial charge in [-0.05, 0) is 61.4 Å². The van der Waals surface area contributed by atoms with Gasteiger partial charge in [0, 0.05) is 58.2 Å². The number of anilines is 2. The quantitative estimate of drug-likeness (QED) is 0.0854. The number of aromatic nitrogens is 4. The molecule has 51 heavy (non-hydrogen) atoms. The highest BCUT2D eigenvalue weighted by molar-refractivity contribution is 7.99. The zero-order chi connectivity index (χ0) is 36.0. The van der Waals surface area contributed by atoms with Crippen LogP contribution in [0.25, 0.3) is 16.5 Å². The Balaban J connectivity index is 1.20. The van der Waals surface area contributed by atoms with Gasteiger partial charge in [0.15, 0.2) is 0 Å². The number of carbonyl (C=O) groups is 1. The third-order valence-corrected chi connectivity index (χ3v) is 9.20. The lowest BCUT2D eigenvalue weighted by Crippen LogP contribution is -2.21. The number of aliphatic hydroxyl groups is 1. The number of urea groups is 1. The van der Waals surface area contributed by atoms with Crippen molar-refractivity contribution in [3.05, 3.63) is 120 Å². The third kappa shape index (κ3) is 8.86. The number of ether oxygens (including phenoxy) is 2. The number of nitrogens with one attached hydrogen (secondary N) is 2. The van der Waals surface area contributed by atoms with Crippen LogP contribution in [0.15, 0.2) is 102 Å². The molecule has 0 bridgehead atoms. The topological polar surface area (TPSA) is 123 Å². The first kappa shape index (κ1) is 35.4. The van der Waals surface area contributed by atoms with Gasteiger partial charge in [0.1, 0.15) is 23.1 Å². The molecule has 0 aliphatic carbocycles. The number of aliphatic hydroxyl groups excluding tert-OH is 1. The lowest BCUT2D eigenvalue weighted by atomic mass is 9.92. The van der Waals surface area contributed by atoms with Gasteiger partial charge in [0.05, 0.1) is 24.2 Å². The Labute approximate surface area is 302 Å². The molecule has 0 fully saturated rings. The zero-order valence-electron chi connectivity index (χ0n) is 29.4. The van der Waals surface area contributed by atoms with Gasteiger partial charge in [0.25, 0.3) is 0 Å². The third-order valence-electron chi connectivity index (χ3n) is 8.13. The minimum absolute atomic E-state index is 0.162. The minimum Gasteiger partial charge on any atom is -0.497 e. The van der Waals surface area contributed by atoms with Crippen molar-refractivity contribution < 1.29 is 19.4 Å². The van der Waals surface area contributed by atoms with Crippen LogP contribution in [0, 0.1) is 6.92 Å². The monoisotopic (exact) mass is 702 g/mol. The van der Waals surface area contributed by atoms with Gasteiger partial charge in [-0.15, -0.1) is 11.8 Å². The average molecular weight is 703 g/mol. The molecule has 6 aromatic rings. The summed E-state index contributed by atoms with van der Waals surface area (Å²) >= 11 is 1.67. The summed E-state index contributed by atoms with van der Waals surface area (Å²) in [7, 11) is 1.65. The van der Waals surface area contributed by atoms with Gasteiger partial charge in [-0.2, -0.15) is 10.1 Å². The van der Waals surface area contributed by atoms with Crippen molar-refractivity contribution in [3.63, 3.8) is 0 Å². The van der Waals surface area contributed by atoms with E-state index in [1.165, 1.54) is 0 Å². The fourth-order valence-electron chi connectivity index (χ4n) is 5.46. The van der Waals surface area contributed by atoms with E-state index in [1.807, 2.05) is 85.8 Å². The van der Waals surface area contributed by atoms with E-state index in [4.69, 9.17) is 24.7 Å². The Hall–Kier alpha value is -5.39. The molecule has 2 heterocycles. The minimum atomic E-state index is -0.393. The van der Waals surface area contributed by atoms with E-state index in [9.17, 15) is 4.79 Å². The predicted molar refractivity (Wildman–Crippen MR) is 204 cm³/mol. The highest BCUT2D eigenvalue weighted by Gasteiger charge is 2.22. The van der Waals surface area contributed by atoms with Gasteiger partial charge < -0.3 is 19.9 Å². The highest BCUT2D eigenvalue weighted by atomic mass is 32.2. The van der Waals surface area contributed by atoms with E-state index < -0.39 is 6.03 Å². The maximum absolute atomic E-state index is 13.5. The van der Waals surface area contributed by atoms with Crippen molar-refractivity contribution in [2.24, 2.45) is 0 Å². The molecule has 0 aliphatic heterocycles. The van der Waals surface area contributed by atoms with Gasteiger partial charge >= 0.3 is 6.03 Å². The number of thioether (sulfide) groups is 1. The molecule has 0 radical (unpaired) electrons. The van der Waals surface area contributed by atoms with Gasteiger partial charge in [-0.3, -0.25) is 5.32 Å². The molecule has 0 atom stereocenters. The smallest absolute Gasteiger partial charge is 0.324 e. The highest BCUT2D eigenvalue weighted by Crippen LogP contribution is 2.35. The Morgan fingerprint density at radius 2 is 1.73 bits per heavy atom. The summed E-state index contributed by atoms with van der Waals surface area (Å²) < 4.78 is 13.6. The van der Waals surface area contributed by atoms with E-state index in [1.54, 1.807) is 35.8 Å². The molecule has 2 aromatic heterocycles.